The van der Waals surface area contributed by atoms with Crippen LogP contribution in [0.5, 0.6) is 0 Å². The minimum Gasteiger partial charge on any atom is -0.302 e. The third-order valence-electron chi connectivity index (χ3n) is 6.48. The van der Waals surface area contributed by atoms with Crippen molar-refractivity contribution < 1.29 is 0 Å². The molecule has 0 amide bonds. The Morgan fingerprint density at radius 2 is 1.87 bits per heavy atom. The molecule has 2 atom stereocenters. The molecule has 23 heavy (non-hydrogen) atoms. The molecule has 4 rings (SSSR count). The summed E-state index contributed by atoms with van der Waals surface area (Å²) >= 11 is 0. The van der Waals surface area contributed by atoms with E-state index in [2.05, 4.69) is 40.1 Å². The summed E-state index contributed by atoms with van der Waals surface area (Å²) in [5.41, 5.74) is 0.948. The number of piperidine rings is 2. The highest BCUT2D eigenvalue weighted by Gasteiger charge is 2.39. The molecule has 0 N–H and O–H groups in total. The molecule has 1 saturated carbocycles. The van der Waals surface area contributed by atoms with Crippen molar-refractivity contribution in [2.75, 3.05) is 32.7 Å². The standard InChI is InChI=1S/C20H27N3/c21-16-20(18-4-2-1-3-5-18)8-10-22(11-9-20)12-13-23-15-17-6-7-19(23)14-17/h1-5,17,19H,6-15H2/t17-,19+/m0/s1. The molecule has 3 aliphatic rings. The van der Waals surface area contributed by atoms with Gasteiger partial charge in [-0.2, -0.15) is 5.26 Å². The van der Waals surface area contributed by atoms with Gasteiger partial charge >= 0.3 is 0 Å². The zero-order chi connectivity index (χ0) is 15.7. The first-order valence-corrected chi connectivity index (χ1v) is 9.22. The largest absolute Gasteiger partial charge is 0.302 e. The normalized spacial score (nSPS) is 30.4. The SMILES string of the molecule is N#CC1(c2ccccc2)CCN(CCN2C[C@H]3CC[C@@H]2C3)CC1. The Labute approximate surface area is 139 Å². The average Bonchev–Trinajstić information content (AvgIpc) is 3.24. The van der Waals surface area contributed by atoms with Crippen LogP contribution in [0.2, 0.25) is 0 Å². The molecule has 1 aromatic rings. The molecule has 0 unspecified atom stereocenters. The van der Waals surface area contributed by atoms with E-state index in [0.29, 0.717) is 0 Å². The second-order valence-corrected chi connectivity index (χ2v) is 7.73. The van der Waals surface area contributed by atoms with Crippen LogP contribution in [0.4, 0.5) is 0 Å². The Morgan fingerprint density at radius 1 is 1.09 bits per heavy atom. The van der Waals surface area contributed by atoms with Gasteiger partial charge in [-0.3, -0.25) is 4.90 Å². The maximum absolute atomic E-state index is 9.78. The number of fused-ring (bicyclic) bond motifs is 2. The molecule has 2 heterocycles. The lowest BCUT2D eigenvalue weighted by Gasteiger charge is -2.38. The van der Waals surface area contributed by atoms with E-state index in [4.69, 9.17) is 0 Å². The highest BCUT2D eigenvalue weighted by Crippen LogP contribution is 2.38. The summed E-state index contributed by atoms with van der Waals surface area (Å²) in [4.78, 5) is 5.29. The van der Waals surface area contributed by atoms with Crippen molar-refractivity contribution in [3.8, 4) is 6.07 Å². The smallest absolute Gasteiger partial charge is 0.0846 e. The number of hydrogen-bond acceptors (Lipinski definition) is 3. The van der Waals surface area contributed by atoms with Crippen molar-refractivity contribution in [2.24, 2.45) is 5.92 Å². The van der Waals surface area contributed by atoms with Crippen molar-refractivity contribution in [3.63, 3.8) is 0 Å². The Balaban J connectivity index is 1.31. The summed E-state index contributed by atoms with van der Waals surface area (Å²) in [5, 5.41) is 9.78. The van der Waals surface area contributed by atoms with Crippen LogP contribution in [0.3, 0.4) is 0 Å². The number of likely N-dealkylation sites (tertiary alicyclic amines) is 2. The molecule has 2 bridgehead atoms. The lowest BCUT2D eigenvalue weighted by molar-refractivity contribution is 0.141. The van der Waals surface area contributed by atoms with E-state index in [9.17, 15) is 5.26 Å². The number of nitrogens with zero attached hydrogens (tertiary/aromatic N) is 3. The molecule has 1 aliphatic carbocycles. The van der Waals surface area contributed by atoms with E-state index in [1.54, 1.807) is 0 Å². The van der Waals surface area contributed by atoms with Crippen molar-refractivity contribution in [1.82, 2.24) is 9.80 Å². The molecule has 0 spiro atoms. The average molecular weight is 309 g/mol. The second kappa shape index (κ2) is 6.26. The summed E-state index contributed by atoms with van der Waals surface area (Å²) in [7, 11) is 0. The lowest BCUT2D eigenvalue weighted by atomic mass is 9.74. The van der Waals surface area contributed by atoms with E-state index in [1.165, 1.54) is 44.5 Å². The van der Waals surface area contributed by atoms with Gasteiger partial charge in [0.05, 0.1) is 11.5 Å². The number of rotatable bonds is 4. The Hall–Kier alpha value is -1.37. The molecule has 3 nitrogen and oxygen atoms in total. The monoisotopic (exact) mass is 309 g/mol. The maximum atomic E-state index is 9.78. The Bertz CT molecular complexity index is 568. The van der Waals surface area contributed by atoms with Gasteiger partial charge in [-0.1, -0.05) is 30.3 Å². The summed E-state index contributed by atoms with van der Waals surface area (Å²) in [6, 6.07) is 13.9. The molecule has 122 valence electrons. The summed E-state index contributed by atoms with van der Waals surface area (Å²) in [6.07, 6.45) is 6.29. The second-order valence-electron chi connectivity index (χ2n) is 7.73. The van der Waals surface area contributed by atoms with Crippen molar-refractivity contribution >= 4 is 0 Å². The topological polar surface area (TPSA) is 30.3 Å². The Kier molecular flexibility index (Phi) is 4.13. The molecule has 3 heteroatoms. The summed E-state index contributed by atoms with van der Waals surface area (Å²) in [5.74, 6) is 0.991. The van der Waals surface area contributed by atoms with Gasteiger partial charge in [0.2, 0.25) is 0 Å². The highest BCUT2D eigenvalue weighted by atomic mass is 15.2. The highest BCUT2D eigenvalue weighted by molar-refractivity contribution is 5.33. The van der Waals surface area contributed by atoms with E-state index < -0.39 is 0 Å². The summed E-state index contributed by atoms with van der Waals surface area (Å²) in [6.45, 7) is 5.87. The fraction of sp³-hybridized carbons (Fsp3) is 0.650. The van der Waals surface area contributed by atoms with E-state index in [-0.39, 0.29) is 5.41 Å². The molecule has 0 aromatic heterocycles. The fourth-order valence-electron chi connectivity index (χ4n) is 4.95. The van der Waals surface area contributed by atoms with E-state index >= 15 is 0 Å². The van der Waals surface area contributed by atoms with Crippen LogP contribution in [-0.2, 0) is 5.41 Å². The minimum absolute atomic E-state index is 0.259. The van der Waals surface area contributed by atoms with E-state index in [0.717, 1.165) is 37.9 Å². The fourth-order valence-corrected chi connectivity index (χ4v) is 4.95. The van der Waals surface area contributed by atoms with Crippen LogP contribution in [0, 0.1) is 17.2 Å². The predicted molar refractivity (Wildman–Crippen MR) is 92.1 cm³/mol. The van der Waals surface area contributed by atoms with Gasteiger partial charge in [0.15, 0.2) is 0 Å². The van der Waals surface area contributed by atoms with Gasteiger partial charge in [0.1, 0.15) is 0 Å². The first-order chi connectivity index (χ1) is 11.3. The predicted octanol–water partition coefficient (Wildman–Crippen LogP) is 3.03. The van der Waals surface area contributed by atoms with Gasteiger partial charge < -0.3 is 4.90 Å². The third kappa shape index (κ3) is 2.91. The molecule has 2 aliphatic heterocycles. The van der Waals surface area contributed by atoms with Gasteiger partial charge in [0.25, 0.3) is 0 Å². The van der Waals surface area contributed by atoms with Gasteiger partial charge in [-0.15, -0.1) is 0 Å². The first kappa shape index (κ1) is 15.2. The zero-order valence-corrected chi connectivity index (χ0v) is 14.0. The molecule has 1 aromatic carbocycles. The number of nitriles is 1. The third-order valence-corrected chi connectivity index (χ3v) is 6.48. The van der Waals surface area contributed by atoms with Gasteiger partial charge in [0, 0.05) is 38.8 Å². The quantitative estimate of drug-likeness (QED) is 0.856. The maximum Gasteiger partial charge on any atom is 0.0846 e. The molecule has 3 fully saturated rings. The van der Waals surface area contributed by atoms with Crippen LogP contribution in [0.1, 0.15) is 37.7 Å². The van der Waals surface area contributed by atoms with Crippen LogP contribution < -0.4 is 0 Å². The van der Waals surface area contributed by atoms with Crippen molar-refractivity contribution in [3.05, 3.63) is 35.9 Å². The Morgan fingerprint density at radius 3 is 2.48 bits per heavy atom. The number of benzene rings is 1. The van der Waals surface area contributed by atoms with Gasteiger partial charge in [-0.05, 0) is 43.6 Å². The minimum atomic E-state index is -0.259. The molecular formula is C20H27N3. The van der Waals surface area contributed by atoms with E-state index in [1.807, 2.05) is 6.07 Å². The van der Waals surface area contributed by atoms with Crippen LogP contribution >= 0.6 is 0 Å². The van der Waals surface area contributed by atoms with Crippen molar-refractivity contribution in [1.29, 1.82) is 5.26 Å². The number of hydrogen-bond donors (Lipinski definition) is 0. The molecular weight excluding hydrogens is 282 g/mol. The zero-order valence-electron chi connectivity index (χ0n) is 14.0. The first-order valence-electron chi connectivity index (χ1n) is 9.22. The summed E-state index contributed by atoms with van der Waals surface area (Å²) < 4.78 is 0. The van der Waals surface area contributed by atoms with Crippen LogP contribution in [0.15, 0.2) is 30.3 Å². The van der Waals surface area contributed by atoms with Crippen LogP contribution in [-0.4, -0.2) is 48.6 Å². The van der Waals surface area contributed by atoms with Crippen LogP contribution in [0.25, 0.3) is 0 Å². The van der Waals surface area contributed by atoms with Gasteiger partial charge in [-0.25, -0.2) is 0 Å². The van der Waals surface area contributed by atoms with Crippen molar-refractivity contribution in [2.45, 2.75) is 43.6 Å². The lowest BCUT2D eigenvalue weighted by Crippen LogP contribution is -2.45. The molecule has 2 saturated heterocycles. The molecule has 0 radical (unpaired) electrons.